The molecule has 1 heterocycles. The second-order valence-corrected chi connectivity index (χ2v) is 9.53. The van der Waals surface area contributed by atoms with E-state index in [0.29, 0.717) is 12.5 Å². The molecule has 2 N–H and O–H groups in total. The molecular formula is C27H30N2O5. The van der Waals surface area contributed by atoms with E-state index in [4.69, 9.17) is 9.84 Å². The second kappa shape index (κ2) is 9.49. The number of hydrogen-bond donors (Lipinski definition) is 2. The minimum Gasteiger partial charge on any atom is -0.481 e. The minimum atomic E-state index is -0.994. The van der Waals surface area contributed by atoms with Crippen molar-refractivity contribution in [1.29, 1.82) is 0 Å². The fourth-order valence-electron chi connectivity index (χ4n) is 5.50. The van der Waals surface area contributed by atoms with E-state index in [-0.39, 0.29) is 37.3 Å². The Balaban J connectivity index is 1.24. The Labute approximate surface area is 199 Å². The van der Waals surface area contributed by atoms with E-state index in [9.17, 15) is 14.4 Å². The van der Waals surface area contributed by atoms with Crippen LogP contribution in [-0.4, -0.2) is 53.2 Å². The van der Waals surface area contributed by atoms with Gasteiger partial charge in [-0.05, 0) is 53.9 Å². The zero-order valence-corrected chi connectivity index (χ0v) is 19.1. The highest BCUT2D eigenvalue weighted by Crippen LogP contribution is 2.44. The van der Waals surface area contributed by atoms with Crippen molar-refractivity contribution >= 4 is 18.0 Å². The number of alkyl carbamates (subject to hydrolysis) is 1. The molecule has 2 atom stereocenters. The number of fused-ring (bicyclic) bond motifs is 3. The van der Waals surface area contributed by atoms with Crippen LogP contribution in [0.15, 0.2) is 48.5 Å². The van der Waals surface area contributed by atoms with Crippen LogP contribution in [0.2, 0.25) is 0 Å². The molecule has 1 saturated carbocycles. The summed E-state index contributed by atoms with van der Waals surface area (Å²) in [4.78, 5) is 38.9. The van der Waals surface area contributed by atoms with Gasteiger partial charge in [0.05, 0.1) is 0 Å². The van der Waals surface area contributed by atoms with Gasteiger partial charge in [0.15, 0.2) is 0 Å². The van der Waals surface area contributed by atoms with Crippen molar-refractivity contribution in [3.05, 3.63) is 59.7 Å². The number of nitrogens with zero attached hydrogens (tertiary/aromatic N) is 1. The molecule has 1 saturated heterocycles. The van der Waals surface area contributed by atoms with Crippen molar-refractivity contribution in [3.63, 3.8) is 0 Å². The maximum absolute atomic E-state index is 13.2. The van der Waals surface area contributed by atoms with Gasteiger partial charge in [-0.25, -0.2) is 4.79 Å². The van der Waals surface area contributed by atoms with Crippen LogP contribution < -0.4 is 5.32 Å². The van der Waals surface area contributed by atoms with Gasteiger partial charge in [0.1, 0.15) is 12.6 Å². The summed E-state index contributed by atoms with van der Waals surface area (Å²) in [7, 11) is 0. The van der Waals surface area contributed by atoms with Crippen molar-refractivity contribution in [3.8, 4) is 11.1 Å². The largest absolute Gasteiger partial charge is 0.481 e. The van der Waals surface area contributed by atoms with Gasteiger partial charge >= 0.3 is 12.1 Å². The van der Waals surface area contributed by atoms with Crippen molar-refractivity contribution in [2.24, 2.45) is 5.92 Å². The van der Waals surface area contributed by atoms with Gasteiger partial charge in [0, 0.05) is 24.9 Å². The predicted molar refractivity (Wildman–Crippen MR) is 126 cm³/mol. The van der Waals surface area contributed by atoms with Crippen LogP contribution in [0.4, 0.5) is 4.79 Å². The zero-order chi connectivity index (χ0) is 23.7. The molecule has 2 unspecified atom stereocenters. The van der Waals surface area contributed by atoms with Gasteiger partial charge in [0.25, 0.3) is 0 Å². The van der Waals surface area contributed by atoms with Crippen molar-refractivity contribution < 1.29 is 24.2 Å². The first-order valence-corrected chi connectivity index (χ1v) is 12.2. The van der Waals surface area contributed by atoms with Gasteiger partial charge in [-0.15, -0.1) is 0 Å². The number of rotatable bonds is 8. The van der Waals surface area contributed by atoms with E-state index >= 15 is 0 Å². The van der Waals surface area contributed by atoms with Crippen LogP contribution >= 0.6 is 0 Å². The standard InChI is InChI=1S/C27H30N2O5/c30-25(31)13-12-23(26(32)29-15-14-24(29)17-6-5-7-17)28-27(33)34-16-22-20-10-3-1-8-18(20)19-9-2-4-11-21(19)22/h1-4,8-11,17,22-24H,5-7,12-16H2,(H,28,33)(H,30,31). The third kappa shape index (κ3) is 4.27. The summed E-state index contributed by atoms with van der Waals surface area (Å²) in [5, 5.41) is 11.8. The van der Waals surface area contributed by atoms with Gasteiger partial charge in [-0.1, -0.05) is 55.0 Å². The number of aliphatic carboxylic acids is 1. The highest BCUT2D eigenvalue weighted by molar-refractivity contribution is 5.87. The smallest absolute Gasteiger partial charge is 0.407 e. The summed E-state index contributed by atoms with van der Waals surface area (Å²) >= 11 is 0. The summed E-state index contributed by atoms with van der Waals surface area (Å²) in [6.45, 7) is 0.810. The third-order valence-electron chi connectivity index (χ3n) is 7.62. The monoisotopic (exact) mass is 462 g/mol. The minimum absolute atomic E-state index is 0.0479. The van der Waals surface area contributed by atoms with Gasteiger partial charge in [-0.2, -0.15) is 0 Å². The number of nitrogens with one attached hydrogen (secondary N) is 1. The highest BCUT2D eigenvalue weighted by atomic mass is 16.5. The average molecular weight is 463 g/mol. The normalized spacial score (nSPS) is 19.9. The fourth-order valence-corrected chi connectivity index (χ4v) is 5.50. The number of carboxylic acids is 1. The lowest BCUT2D eigenvalue weighted by atomic mass is 9.74. The zero-order valence-electron chi connectivity index (χ0n) is 19.1. The number of ether oxygens (including phenoxy) is 1. The Morgan fingerprint density at radius 1 is 1.00 bits per heavy atom. The second-order valence-electron chi connectivity index (χ2n) is 9.53. The molecule has 1 aliphatic heterocycles. The lowest BCUT2D eigenvalue weighted by Gasteiger charge is -2.49. The lowest BCUT2D eigenvalue weighted by molar-refractivity contribution is -0.145. The van der Waals surface area contributed by atoms with Crippen LogP contribution in [0.3, 0.4) is 0 Å². The van der Waals surface area contributed by atoms with E-state index in [1.165, 1.54) is 6.42 Å². The quantitative estimate of drug-likeness (QED) is 0.614. The number of carbonyl (C=O) groups excluding carboxylic acids is 2. The van der Waals surface area contributed by atoms with E-state index in [0.717, 1.165) is 41.5 Å². The summed E-state index contributed by atoms with van der Waals surface area (Å²) < 4.78 is 5.60. The molecule has 0 radical (unpaired) electrons. The molecule has 5 rings (SSSR count). The number of likely N-dealkylation sites (tertiary alicyclic amines) is 1. The molecule has 0 spiro atoms. The number of carboxylic acid groups (broad SMARTS) is 1. The molecule has 2 amide bonds. The number of hydrogen-bond acceptors (Lipinski definition) is 4. The Morgan fingerprint density at radius 2 is 1.65 bits per heavy atom. The third-order valence-corrected chi connectivity index (χ3v) is 7.62. The molecule has 0 bridgehead atoms. The first-order chi connectivity index (χ1) is 16.5. The maximum atomic E-state index is 13.2. The number of amides is 2. The van der Waals surface area contributed by atoms with Crippen LogP contribution in [0.5, 0.6) is 0 Å². The summed E-state index contributed by atoms with van der Waals surface area (Å²) in [5.41, 5.74) is 4.50. The van der Waals surface area contributed by atoms with Crippen molar-refractivity contribution in [2.75, 3.05) is 13.2 Å². The highest BCUT2D eigenvalue weighted by Gasteiger charge is 2.42. The van der Waals surface area contributed by atoms with Crippen LogP contribution in [0.25, 0.3) is 11.1 Å². The van der Waals surface area contributed by atoms with E-state index in [1.807, 2.05) is 41.3 Å². The molecule has 7 nitrogen and oxygen atoms in total. The molecule has 178 valence electrons. The number of benzene rings is 2. The Bertz CT molecular complexity index is 1050. The molecule has 2 aromatic rings. The molecule has 3 aliphatic rings. The molecule has 34 heavy (non-hydrogen) atoms. The van der Waals surface area contributed by atoms with Crippen molar-refractivity contribution in [2.45, 2.75) is 56.5 Å². The SMILES string of the molecule is O=C(O)CCC(NC(=O)OCC1c2ccccc2-c2ccccc21)C(=O)N1CCC1C1CCC1. The molecule has 2 aliphatic carbocycles. The molecule has 2 aromatic carbocycles. The summed E-state index contributed by atoms with van der Waals surface area (Å²) in [6, 6.07) is 15.5. The first kappa shape index (κ1) is 22.4. The Kier molecular flexibility index (Phi) is 6.26. The lowest BCUT2D eigenvalue weighted by Crippen LogP contribution is -2.61. The van der Waals surface area contributed by atoms with Crippen LogP contribution in [0.1, 0.15) is 55.6 Å². The van der Waals surface area contributed by atoms with E-state index in [1.54, 1.807) is 0 Å². The van der Waals surface area contributed by atoms with E-state index in [2.05, 4.69) is 17.4 Å². The van der Waals surface area contributed by atoms with Crippen LogP contribution in [-0.2, 0) is 14.3 Å². The van der Waals surface area contributed by atoms with Gasteiger partial charge in [0.2, 0.25) is 5.91 Å². The Hall–Kier alpha value is -3.35. The van der Waals surface area contributed by atoms with E-state index < -0.39 is 18.1 Å². The van der Waals surface area contributed by atoms with Crippen LogP contribution in [0, 0.1) is 5.92 Å². The number of carbonyl (C=O) groups is 3. The first-order valence-electron chi connectivity index (χ1n) is 12.2. The fraction of sp³-hybridized carbons (Fsp3) is 0.444. The van der Waals surface area contributed by atoms with Crippen molar-refractivity contribution in [1.82, 2.24) is 10.2 Å². The summed E-state index contributed by atoms with van der Waals surface area (Å²) in [5.74, 6) is -0.735. The molecule has 2 fully saturated rings. The van der Waals surface area contributed by atoms with Gasteiger partial charge in [-0.3, -0.25) is 9.59 Å². The maximum Gasteiger partial charge on any atom is 0.407 e. The topological polar surface area (TPSA) is 95.9 Å². The Morgan fingerprint density at radius 3 is 2.18 bits per heavy atom. The predicted octanol–water partition coefficient (Wildman–Crippen LogP) is 4.16. The molecule has 0 aromatic heterocycles. The average Bonchev–Trinajstić information content (AvgIpc) is 3.10. The molecule has 7 heteroatoms. The molecular weight excluding hydrogens is 432 g/mol. The van der Waals surface area contributed by atoms with Gasteiger partial charge < -0.3 is 20.1 Å². The summed E-state index contributed by atoms with van der Waals surface area (Å²) in [6.07, 6.45) is 3.61.